The van der Waals surface area contributed by atoms with Crippen molar-refractivity contribution in [2.75, 3.05) is 12.8 Å². The van der Waals surface area contributed by atoms with E-state index in [1.165, 1.54) is 0 Å². The molecule has 0 bridgehead atoms. The number of hydrogen-bond acceptors (Lipinski definition) is 3. The largest absolute Gasteiger partial charge is 0.466 e. The molecule has 0 spiro atoms. The molecule has 0 rings (SSSR count). The molecule has 0 aromatic heterocycles. The van der Waals surface area contributed by atoms with Gasteiger partial charge in [-0.3, -0.25) is 4.79 Å². The fourth-order valence-electron chi connectivity index (χ4n) is 0.386. The number of carbonyl (C=O) groups is 1. The lowest BCUT2D eigenvalue weighted by molar-refractivity contribution is -0.142. The van der Waals surface area contributed by atoms with Crippen LogP contribution >= 0.6 is 8.46 Å². The van der Waals surface area contributed by atoms with Gasteiger partial charge in [0.2, 0.25) is 0 Å². The zero-order valence-corrected chi connectivity index (χ0v) is 6.35. The van der Waals surface area contributed by atoms with Crippen LogP contribution in [-0.4, -0.2) is 18.7 Å². The first-order valence-corrected chi connectivity index (χ1v) is 3.93. The van der Waals surface area contributed by atoms with E-state index in [0.717, 1.165) is 0 Å². The molecule has 0 saturated heterocycles. The van der Waals surface area contributed by atoms with Crippen LogP contribution in [0.3, 0.4) is 0 Å². The topological polar surface area (TPSA) is 43.4 Å². The average molecular weight is 149 g/mol. The second-order valence-corrected chi connectivity index (χ2v) is 2.24. The number of carbonyl (C=O) groups excluding carboxylic acids is 1. The molecule has 0 amide bonds. The standard InChI is InChI=1S/C5H9O3P/c1-2-8-5(6)3-4-9-7/h2-4H2,1H3/p+1. The zero-order chi connectivity index (χ0) is 7.11. The minimum absolute atomic E-state index is 0.263. The molecule has 0 aliphatic rings. The molecular weight excluding hydrogens is 139 g/mol. The fourth-order valence-corrected chi connectivity index (χ4v) is 0.692. The SMILES string of the molecule is CCOC(=O)CC[PH+]=O. The molecule has 1 atom stereocenters. The lowest BCUT2D eigenvalue weighted by Gasteiger charge is -1.94. The first-order chi connectivity index (χ1) is 4.31. The number of esters is 1. The first kappa shape index (κ1) is 8.57. The Bertz CT molecular complexity index is 102. The van der Waals surface area contributed by atoms with Gasteiger partial charge in [0.1, 0.15) is 0 Å². The van der Waals surface area contributed by atoms with Crippen LogP contribution < -0.4 is 0 Å². The number of ether oxygens (including phenoxy) is 1. The van der Waals surface area contributed by atoms with E-state index in [-0.39, 0.29) is 12.4 Å². The quantitative estimate of drug-likeness (QED) is 0.441. The van der Waals surface area contributed by atoms with Gasteiger partial charge in [0.25, 0.3) is 0 Å². The van der Waals surface area contributed by atoms with Crippen molar-refractivity contribution in [2.45, 2.75) is 13.3 Å². The second-order valence-electron chi connectivity index (χ2n) is 1.45. The molecule has 0 saturated carbocycles. The predicted octanol–water partition coefficient (Wildman–Crippen LogP) is 0.964. The molecule has 0 N–H and O–H groups in total. The Labute approximate surface area is 55.6 Å². The molecule has 1 unspecified atom stereocenters. The summed E-state index contributed by atoms with van der Waals surface area (Å²) in [5, 5.41) is 0. The number of hydrogen-bond donors (Lipinski definition) is 0. The molecule has 0 aliphatic heterocycles. The monoisotopic (exact) mass is 149 g/mol. The molecule has 0 radical (unpaired) electrons. The van der Waals surface area contributed by atoms with E-state index in [1.807, 2.05) is 0 Å². The van der Waals surface area contributed by atoms with Gasteiger partial charge in [-0.25, -0.2) is 0 Å². The molecule has 4 heteroatoms. The first-order valence-electron chi connectivity index (χ1n) is 2.82. The Morgan fingerprint density at radius 3 is 2.78 bits per heavy atom. The maximum Gasteiger partial charge on any atom is 0.325 e. The summed E-state index contributed by atoms with van der Waals surface area (Å²) in [6, 6.07) is 0. The Balaban J connectivity index is 3.16. The number of rotatable bonds is 4. The van der Waals surface area contributed by atoms with Crippen molar-refractivity contribution in [3.63, 3.8) is 0 Å². The molecule has 9 heavy (non-hydrogen) atoms. The van der Waals surface area contributed by atoms with E-state index in [9.17, 15) is 9.36 Å². The lowest BCUT2D eigenvalue weighted by atomic mass is 10.5. The van der Waals surface area contributed by atoms with Crippen molar-refractivity contribution < 1.29 is 14.1 Å². The van der Waals surface area contributed by atoms with E-state index in [0.29, 0.717) is 12.8 Å². The summed E-state index contributed by atoms with van der Waals surface area (Å²) in [5.41, 5.74) is 0. The van der Waals surface area contributed by atoms with E-state index in [2.05, 4.69) is 4.74 Å². The minimum atomic E-state index is -0.396. The molecule has 0 fully saturated rings. The summed E-state index contributed by atoms with van der Waals surface area (Å²) in [6.07, 6.45) is 0.689. The van der Waals surface area contributed by atoms with Gasteiger partial charge in [-0.2, -0.15) is 0 Å². The van der Waals surface area contributed by atoms with Crippen LogP contribution in [0.25, 0.3) is 0 Å². The third kappa shape index (κ3) is 5.44. The van der Waals surface area contributed by atoms with Crippen LogP contribution in [0.15, 0.2) is 0 Å². The van der Waals surface area contributed by atoms with Crippen molar-refractivity contribution in [1.29, 1.82) is 0 Å². The Morgan fingerprint density at radius 2 is 2.33 bits per heavy atom. The third-order valence-electron chi connectivity index (χ3n) is 0.737. The van der Waals surface area contributed by atoms with Crippen molar-refractivity contribution in [1.82, 2.24) is 0 Å². The Hall–Kier alpha value is -0.430. The second kappa shape index (κ2) is 5.70. The van der Waals surface area contributed by atoms with Gasteiger partial charge in [0, 0.05) is 0 Å². The van der Waals surface area contributed by atoms with Crippen LogP contribution in [0.5, 0.6) is 0 Å². The predicted molar refractivity (Wildman–Crippen MR) is 35.1 cm³/mol. The summed E-state index contributed by atoms with van der Waals surface area (Å²) in [5.74, 6) is -0.263. The van der Waals surface area contributed by atoms with Gasteiger partial charge < -0.3 is 4.74 Å². The summed E-state index contributed by atoms with van der Waals surface area (Å²) in [7, 11) is -0.396. The van der Waals surface area contributed by atoms with Crippen molar-refractivity contribution in [2.24, 2.45) is 0 Å². The molecule has 0 heterocycles. The fraction of sp³-hybridized carbons (Fsp3) is 0.800. The summed E-state index contributed by atoms with van der Waals surface area (Å²) in [4.78, 5) is 10.4. The lowest BCUT2D eigenvalue weighted by Crippen LogP contribution is -2.03. The van der Waals surface area contributed by atoms with Crippen LogP contribution in [0.4, 0.5) is 0 Å². The average Bonchev–Trinajstić information content (AvgIpc) is 1.85. The Kier molecular flexibility index (Phi) is 5.43. The molecule has 52 valence electrons. The van der Waals surface area contributed by atoms with Gasteiger partial charge in [0.15, 0.2) is 6.16 Å². The molecule has 0 aliphatic carbocycles. The highest BCUT2D eigenvalue weighted by atomic mass is 31.1. The van der Waals surface area contributed by atoms with Gasteiger partial charge in [0.05, 0.1) is 13.0 Å². The van der Waals surface area contributed by atoms with E-state index in [1.54, 1.807) is 6.92 Å². The maximum atomic E-state index is 10.4. The minimum Gasteiger partial charge on any atom is -0.466 e. The third-order valence-corrected chi connectivity index (χ3v) is 1.19. The zero-order valence-electron chi connectivity index (χ0n) is 5.35. The van der Waals surface area contributed by atoms with E-state index < -0.39 is 8.46 Å². The highest BCUT2D eigenvalue weighted by Gasteiger charge is 2.02. The van der Waals surface area contributed by atoms with E-state index >= 15 is 0 Å². The maximum absolute atomic E-state index is 10.4. The van der Waals surface area contributed by atoms with Crippen molar-refractivity contribution in [3.05, 3.63) is 0 Å². The smallest absolute Gasteiger partial charge is 0.325 e. The highest BCUT2D eigenvalue weighted by Crippen LogP contribution is 1.96. The summed E-state index contributed by atoms with van der Waals surface area (Å²) in [6.45, 7) is 2.15. The summed E-state index contributed by atoms with van der Waals surface area (Å²) >= 11 is 0. The normalized spacial score (nSPS) is 9.44. The molecule has 3 nitrogen and oxygen atoms in total. The van der Waals surface area contributed by atoms with Crippen LogP contribution in [-0.2, 0) is 14.1 Å². The van der Waals surface area contributed by atoms with Gasteiger partial charge in [-0.05, 0) is 6.92 Å². The Morgan fingerprint density at radius 1 is 1.67 bits per heavy atom. The van der Waals surface area contributed by atoms with Crippen LogP contribution in [0.1, 0.15) is 13.3 Å². The van der Waals surface area contributed by atoms with Gasteiger partial charge in [-0.15, -0.1) is 0 Å². The van der Waals surface area contributed by atoms with E-state index in [4.69, 9.17) is 0 Å². The van der Waals surface area contributed by atoms with Crippen molar-refractivity contribution in [3.8, 4) is 0 Å². The molecular formula is C5H10O3P+. The summed E-state index contributed by atoms with van der Waals surface area (Å²) < 4.78 is 14.4. The molecule has 0 aromatic carbocycles. The van der Waals surface area contributed by atoms with Crippen LogP contribution in [0.2, 0.25) is 0 Å². The van der Waals surface area contributed by atoms with Gasteiger partial charge in [-0.1, -0.05) is 4.57 Å². The van der Waals surface area contributed by atoms with Crippen molar-refractivity contribution >= 4 is 14.4 Å². The van der Waals surface area contributed by atoms with Gasteiger partial charge >= 0.3 is 14.4 Å². The van der Waals surface area contributed by atoms with Crippen LogP contribution in [0, 0.1) is 0 Å². The molecule has 0 aromatic rings. The highest BCUT2D eigenvalue weighted by molar-refractivity contribution is 7.23.